The summed E-state index contributed by atoms with van der Waals surface area (Å²) in [6, 6.07) is 3.33. The number of rotatable bonds is 9. The quantitative estimate of drug-likeness (QED) is 0.705. The topological polar surface area (TPSA) is 66.8 Å². The van der Waals surface area contributed by atoms with E-state index in [4.69, 9.17) is 21.4 Å². The van der Waals surface area contributed by atoms with Gasteiger partial charge in [-0.3, -0.25) is 9.59 Å². The van der Waals surface area contributed by atoms with Crippen LogP contribution in [0.25, 0.3) is 0 Å². The molecule has 7 heteroatoms. The summed E-state index contributed by atoms with van der Waals surface area (Å²) in [5.74, 6) is -1.71. The van der Waals surface area contributed by atoms with Crippen molar-refractivity contribution in [3.63, 3.8) is 0 Å². The number of nitrogens with zero attached hydrogens (tertiary/aromatic N) is 1. The zero-order valence-electron chi connectivity index (χ0n) is 12.2. The van der Waals surface area contributed by atoms with E-state index in [0.717, 1.165) is 0 Å². The highest BCUT2D eigenvalue weighted by atomic mass is 35.5. The second-order valence-corrected chi connectivity index (χ2v) is 6.36. The molecule has 0 saturated carbocycles. The number of hydrogen-bond acceptors (Lipinski definition) is 4. The van der Waals surface area contributed by atoms with Crippen molar-refractivity contribution in [3.8, 4) is 0 Å². The molecule has 0 aliphatic carbocycles. The Morgan fingerprint density at radius 1 is 1.48 bits per heavy atom. The molecule has 0 aliphatic rings. The first-order chi connectivity index (χ1) is 9.95. The number of halogens is 1. The van der Waals surface area contributed by atoms with E-state index >= 15 is 0 Å². The SMILES string of the molecule is CCOCCCN(CC(C)C(=O)O)C(=O)c1ccc(Cl)s1. The van der Waals surface area contributed by atoms with Crippen molar-refractivity contribution < 1.29 is 19.4 Å². The fourth-order valence-electron chi connectivity index (χ4n) is 1.77. The predicted octanol–water partition coefficient (Wildman–Crippen LogP) is 2.99. The summed E-state index contributed by atoms with van der Waals surface area (Å²) in [7, 11) is 0. The van der Waals surface area contributed by atoms with Crippen LogP contribution in [0.4, 0.5) is 0 Å². The fraction of sp³-hybridized carbons (Fsp3) is 0.571. The first kappa shape index (κ1) is 17.9. The summed E-state index contributed by atoms with van der Waals surface area (Å²) in [5.41, 5.74) is 0. The number of hydrogen-bond donors (Lipinski definition) is 1. The van der Waals surface area contributed by atoms with Crippen LogP contribution in [0.5, 0.6) is 0 Å². The third-order valence-electron chi connectivity index (χ3n) is 2.91. The van der Waals surface area contributed by atoms with Gasteiger partial charge in [0.15, 0.2) is 0 Å². The molecule has 1 rings (SSSR count). The first-order valence-electron chi connectivity index (χ1n) is 6.80. The molecular weight excluding hydrogens is 314 g/mol. The molecule has 0 aliphatic heterocycles. The summed E-state index contributed by atoms with van der Waals surface area (Å²) in [6.07, 6.45) is 0.672. The molecule has 0 aromatic carbocycles. The van der Waals surface area contributed by atoms with E-state index in [0.29, 0.717) is 35.4 Å². The Labute approximate surface area is 133 Å². The van der Waals surface area contributed by atoms with E-state index in [1.807, 2.05) is 6.92 Å². The molecule has 0 spiro atoms. The third kappa shape index (κ3) is 6.03. The lowest BCUT2D eigenvalue weighted by atomic mass is 10.1. The summed E-state index contributed by atoms with van der Waals surface area (Å²) in [6.45, 7) is 5.31. The van der Waals surface area contributed by atoms with Crippen LogP contribution >= 0.6 is 22.9 Å². The number of ether oxygens (including phenoxy) is 1. The monoisotopic (exact) mass is 333 g/mol. The molecule has 5 nitrogen and oxygen atoms in total. The van der Waals surface area contributed by atoms with E-state index in [2.05, 4.69) is 0 Å². The molecular formula is C14H20ClNO4S. The van der Waals surface area contributed by atoms with Gasteiger partial charge >= 0.3 is 5.97 Å². The maximum Gasteiger partial charge on any atom is 0.308 e. The van der Waals surface area contributed by atoms with Crippen LogP contribution in [0.3, 0.4) is 0 Å². The van der Waals surface area contributed by atoms with Gasteiger partial charge in [-0.15, -0.1) is 11.3 Å². The van der Waals surface area contributed by atoms with Gasteiger partial charge in [-0.05, 0) is 25.5 Å². The van der Waals surface area contributed by atoms with Crippen molar-refractivity contribution in [2.24, 2.45) is 5.92 Å². The normalized spacial score (nSPS) is 12.1. The lowest BCUT2D eigenvalue weighted by Crippen LogP contribution is -2.37. The minimum Gasteiger partial charge on any atom is -0.481 e. The van der Waals surface area contributed by atoms with Crippen LogP contribution in [0.15, 0.2) is 12.1 Å². The smallest absolute Gasteiger partial charge is 0.308 e. The Balaban J connectivity index is 2.70. The third-order valence-corrected chi connectivity index (χ3v) is 4.13. The second kappa shape index (κ2) is 9.02. The van der Waals surface area contributed by atoms with Gasteiger partial charge in [0, 0.05) is 26.3 Å². The maximum atomic E-state index is 12.4. The van der Waals surface area contributed by atoms with Gasteiger partial charge in [0.05, 0.1) is 15.1 Å². The molecule has 1 atom stereocenters. The molecule has 0 radical (unpaired) electrons. The molecule has 1 amide bonds. The average molecular weight is 334 g/mol. The van der Waals surface area contributed by atoms with Crippen molar-refractivity contribution in [3.05, 3.63) is 21.3 Å². The molecule has 1 N–H and O–H groups in total. The Bertz CT molecular complexity index is 477. The predicted molar refractivity (Wildman–Crippen MR) is 83.1 cm³/mol. The van der Waals surface area contributed by atoms with E-state index < -0.39 is 11.9 Å². The van der Waals surface area contributed by atoms with Gasteiger partial charge in [-0.2, -0.15) is 0 Å². The number of amides is 1. The molecule has 21 heavy (non-hydrogen) atoms. The van der Waals surface area contributed by atoms with Crippen molar-refractivity contribution in [1.29, 1.82) is 0 Å². The summed E-state index contributed by atoms with van der Waals surface area (Å²) < 4.78 is 5.79. The van der Waals surface area contributed by atoms with Crippen molar-refractivity contribution in [2.75, 3.05) is 26.3 Å². The molecule has 0 bridgehead atoms. The minimum atomic E-state index is -0.915. The van der Waals surface area contributed by atoms with Crippen LogP contribution in [0.2, 0.25) is 4.34 Å². The molecule has 0 fully saturated rings. The lowest BCUT2D eigenvalue weighted by Gasteiger charge is -2.24. The van der Waals surface area contributed by atoms with Crippen molar-refractivity contribution >= 4 is 34.8 Å². The number of carbonyl (C=O) groups excluding carboxylic acids is 1. The van der Waals surface area contributed by atoms with Crippen molar-refractivity contribution in [2.45, 2.75) is 20.3 Å². The second-order valence-electron chi connectivity index (χ2n) is 4.64. The summed E-state index contributed by atoms with van der Waals surface area (Å²) in [5, 5.41) is 9.02. The highest BCUT2D eigenvalue weighted by Crippen LogP contribution is 2.23. The van der Waals surface area contributed by atoms with Gasteiger partial charge < -0.3 is 14.7 Å². The van der Waals surface area contributed by atoms with Crippen LogP contribution in [-0.4, -0.2) is 48.2 Å². The number of carbonyl (C=O) groups is 2. The number of carboxylic acid groups (broad SMARTS) is 1. The number of aliphatic carboxylic acids is 1. The van der Waals surface area contributed by atoms with E-state index in [-0.39, 0.29) is 12.5 Å². The van der Waals surface area contributed by atoms with E-state index in [1.54, 1.807) is 24.0 Å². The van der Waals surface area contributed by atoms with Gasteiger partial charge in [-0.1, -0.05) is 18.5 Å². The van der Waals surface area contributed by atoms with Crippen LogP contribution in [0, 0.1) is 5.92 Å². The maximum absolute atomic E-state index is 12.4. The molecule has 1 aromatic heterocycles. The van der Waals surface area contributed by atoms with E-state index in [9.17, 15) is 9.59 Å². The van der Waals surface area contributed by atoms with Crippen molar-refractivity contribution in [1.82, 2.24) is 4.90 Å². The molecule has 1 unspecified atom stereocenters. The lowest BCUT2D eigenvalue weighted by molar-refractivity contribution is -0.141. The highest BCUT2D eigenvalue weighted by Gasteiger charge is 2.22. The minimum absolute atomic E-state index is 0.176. The average Bonchev–Trinajstić information content (AvgIpc) is 2.87. The Hall–Kier alpha value is -1.11. The molecule has 1 aromatic rings. The first-order valence-corrected chi connectivity index (χ1v) is 8.00. The number of thiophene rings is 1. The Kier molecular flexibility index (Phi) is 7.71. The Morgan fingerprint density at radius 3 is 2.71 bits per heavy atom. The highest BCUT2D eigenvalue weighted by molar-refractivity contribution is 7.17. The van der Waals surface area contributed by atoms with E-state index in [1.165, 1.54) is 11.3 Å². The molecule has 1 heterocycles. The Morgan fingerprint density at radius 2 is 2.19 bits per heavy atom. The zero-order chi connectivity index (χ0) is 15.8. The molecule has 0 saturated heterocycles. The summed E-state index contributed by atoms with van der Waals surface area (Å²) >= 11 is 7.04. The zero-order valence-corrected chi connectivity index (χ0v) is 13.7. The van der Waals surface area contributed by atoms with Gasteiger partial charge in [-0.25, -0.2) is 0 Å². The van der Waals surface area contributed by atoms with Gasteiger partial charge in [0.1, 0.15) is 0 Å². The van der Waals surface area contributed by atoms with Crippen LogP contribution in [0.1, 0.15) is 29.9 Å². The van der Waals surface area contributed by atoms with Gasteiger partial charge in [0.2, 0.25) is 0 Å². The number of carboxylic acids is 1. The summed E-state index contributed by atoms with van der Waals surface area (Å²) in [4.78, 5) is 25.5. The fourth-order valence-corrected chi connectivity index (χ4v) is 2.78. The van der Waals surface area contributed by atoms with Crippen LogP contribution in [-0.2, 0) is 9.53 Å². The standard InChI is InChI=1S/C14H20ClNO4S/c1-3-20-8-4-7-16(9-10(2)14(18)19)13(17)11-5-6-12(15)21-11/h5-6,10H,3-4,7-9H2,1-2H3,(H,18,19). The molecule has 118 valence electrons. The largest absolute Gasteiger partial charge is 0.481 e. The van der Waals surface area contributed by atoms with Crippen LogP contribution < -0.4 is 0 Å². The van der Waals surface area contributed by atoms with Gasteiger partial charge in [0.25, 0.3) is 5.91 Å².